The second-order valence-electron chi connectivity index (χ2n) is 5.82. The Morgan fingerprint density at radius 3 is 2.39 bits per heavy atom. The van der Waals surface area contributed by atoms with Crippen LogP contribution in [0.5, 0.6) is 0 Å². The molecule has 1 aliphatic heterocycles. The second kappa shape index (κ2) is 5.59. The smallest absolute Gasteiger partial charge is 0.410 e. The van der Waals surface area contributed by atoms with E-state index in [9.17, 15) is 9.59 Å². The summed E-state index contributed by atoms with van der Waals surface area (Å²) in [4.78, 5) is 25.1. The van der Waals surface area contributed by atoms with Gasteiger partial charge >= 0.3 is 12.1 Å². The van der Waals surface area contributed by atoms with Crippen LogP contribution in [0, 0.1) is 11.8 Å². The van der Waals surface area contributed by atoms with Crippen molar-refractivity contribution in [3.8, 4) is 0 Å². The third-order valence-electron chi connectivity index (χ3n) is 3.11. The summed E-state index contributed by atoms with van der Waals surface area (Å²) in [6, 6.07) is 0. The SMILES string of the molecule is COC(=O)[C@@H]1CN(C(=O)OC(C)(C)C)CC[C@H]1C. The molecule has 0 aromatic carbocycles. The molecule has 18 heavy (non-hydrogen) atoms. The van der Waals surface area contributed by atoms with Crippen LogP contribution in [0.25, 0.3) is 0 Å². The van der Waals surface area contributed by atoms with Crippen LogP contribution < -0.4 is 0 Å². The molecule has 5 nitrogen and oxygen atoms in total. The number of nitrogens with zero attached hydrogens (tertiary/aromatic N) is 1. The van der Waals surface area contributed by atoms with Gasteiger partial charge in [-0.3, -0.25) is 4.79 Å². The quantitative estimate of drug-likeness (QED) is 0.675. The number of methoxy groups -OCH3 is 1. The number of amides is 1. The summed E-state index contributed by atoms with van der Waals surface area (Å²) in [5.74, 6) is -0.275. The molecule has 1 fully saturated rings. The molecule has 1 rings (SSSR count). The van der Waals surface area contributed by atoms with Crippen LogP contribution in [0.15, 0.2) is 0 Å². The Kier molecular flexibility index (Phi) is 4.59. The maximum absolute atomic E-state index is 11.9. The molecule has 5 heteroatoms. The summed E-state index contributed by atoms with van der Waals surface area (Å²) >= 11 is 0. The highest BCUT2D eigenvalue weighted by molar-refractivity contribution is 5.75. The van der Waals surface area contributed by atoms with Crippen molar-refractivity contribution in [2.75, 3.05) is 20.2 Å². The van der Waals surface area contributed by atoms with E-state index in [4.69, 9.17) is 9.47 Å². The highest BCUT2D eigenvalue weighted by Gasteiger charge is 2.35. The van der Waals surface area contributed by atoms with Crippen molar-refractivity contribution >= 4 is 12.1 Å². The fourth-order valence-corrected chi connectivity index (χ4v) is 2.02. The number of ether oxygens (including phenoxy) is 2. The van der Waals surface area contributed by atoms with Crippen molar-refractivity contribution < 1.29 is 19.1 Å². The lowest BCUT2D eigenvalue weighted by molar-refractivity contribution is -0.149. The van der Waals surface area contributed by atoms with Gasteiger partial charge in [0.15, 0.2) is 0 Å². The maximum atomic E-state index is 11.9. The van der Waals surface area contributed by atoms with Gasteiger partial charge in [0.05, 0.1) is 13.0 Å². The summed E-state index contributed by atoms with van der Waals surface area (Å²) in [5.41, 5.74) is -0.513. The van der Waals surface area contributed by atoms with Crippen LogP contribution in [-0.2, 0) is 14.3 Å². The standard InChI is InChI=1S/C13H23NO4/c1-9-6-7-14(8-10(9)11(15)17-5)12(16)18-13(2,3)4/h9-10H,6-8H2,1-5H3/t9-,10-/m1/s1. The minimum atomic E-state index is -0.513. The third-order valence-corrected chi connectivity index (χ3v) is 3.11. The van der Waals surface area contributed by atoms with Gasteiger partial charge in [0.25, 0.3) is 0 Å². The van der Waals surface area contributed by atoms with Crippen LogP contribution in [0.3, 0.4) is 0 Å². The number of carbonyl (C=O) groups excluding carboxylic acids is 2. The normalized spacial score (nSPS) is 24.6. The van der Waals surface area contributed by atoms with Crippen LogP contribution in [0.2, 0.25) is 0 Å². The number of rotatable bonds is 1. The van der Waals surface area contributed by atoms with Crippen molar-refractivity contribution in [3.05, 3.63) is 0 Å². The average molecular weight is 257 g/mol. The molecule has 2 atom stereocenters. The summed E-state index contributed by atoms with van der Waals surface area (Å²) in [6.07, 6.45) is 0.433. The first-order valence-corrected chi connectivity index (χ1v) is 6.30. The molecule has 0 unspecified atom stereocenters. The lowest BCUT2D eigenvalue weighted by atomic mass is 9.87. The van der Waals surface area contributed by atoms with Gasteiger partial charge in [-0.05, 0) is 33.1 Å². The highest BCUT2D eigenvalue weighted by Crippen LogP contribution is 2.25. The summed E-state index contributed by atoms with van der Waals surface area (Å²) in [7, 11) is 1.38. The van der Waals surface area contributed by atoms with Gasteiger partial charge < -0.3 is 14.4 Å². The van der Waals surface area contributed by atoms with E-state index < -0.39 is 5.60 Å². The molecule has 0 aromatic heterocycles. The molecule has 104 valence electrons. The van der Waals surface area contributed by atoms with E-state index in [1.54, 1.807) is 4.90 Å². The fourth-order valence-electron chi connectivity index (χ4n) is 2.02. The van der Waals surface area contributed by atoms with Crippen LogP contribution in [0.1, 0.15) is 34.1 Å². The Morgan fingerprint density at radius 2 is 1.89 bits per heavy atom. The van der Waals surface area contributed by atoms with Crippen LogP contribution >= 0.6 is 0 Å². The summed E-state index contributed by atoms with van der Waals surface area (Å²) in [6.45, 7) is 8.50. The van der Waals surface area contributed by atoms with Gasteiger partial charge in [-0.1, -0.05) is 6.92 Å². The zero-order chi connectivity index (χ0) is 13.9. The molecule has 0 N–H and O–H groups in total. The number of esters is 1. The molecule has 0 aliphatic carbocycles. The van der Waals surface area contributed by atoms with E-state index in [1.165, 1.54) is 7.11 Å². The minimum Gasteiger partial charge on any atom is -0.469 e. The molecular formula is C13H23NO4. The monoisotopic (exact) mass is 257 g/mol. The van der Waals surface area contributed by atoms with Crippen molar-refractivity contribution in [2.24, 2.45) is 11.8 Å². The van der Waals surface area contributed by atoms with Crippen molar-refractivity contribution in [1.29, 1.82) is 0 Å². The Hall–Kier alpha value is -1.26. The Labute approximate surface area is 108 Å². The van der Waals surface area contributed by atoms with Gasteiger partial charge in [0.1, 0.15) is 5.60 Å². The Balaban J connectivity index is 2.64. The predicted molar refractivity (Wildman–Crippen MR) is 67.1 cm³/mol. The average Bonchev–Trinajstić information content (AvgIpc) is 2.26. The molecule has 1 heterocycles. The first-order valence-electron chi connectivity index (χ1n) is 6.30. The molecule has 0 aromatic rings. The third kappa shape index (κ3) is 3.89. The van der Waals surface area contributed by atoms with E-state index in [0.717, 1.165) is 6.42 Å². The molecule has 0 spiro atoms. The first kappa shape index (κ1) is 14.8. The van der Waals surface area contributed by atoms with Crippen LogP contribution in [-0.4, -0.2) is 42.8 Å². The second-order valence-corrected chi connectivity index (χ2v) is 5.82. The summed E-state index contributed by atoms with van der Waals surface area (Å²) < 4.78 is 10.1. The van der Waals surface area contributed by atoms with Crippen LogP contribution in [0.4, 0.5) is 4.79 Å². The largest absolute Gasteiger partial charge is 0.469 e. The molecule has 1 amide bonds. The fraction of sp³-hybridized carbons (Fsp3) is 0.846. The van der Waals surface area contributed by atoms with Crippen molar-refractivity contribution in [3.63, 3.8) is 0 Å². The lowest BCUT2D eigenvalue weighted by Crippen LogP contribution is -2.47. The lowest BCUT2D eigenvalue weighted by Gasteiger charge is -2.36. The number of hydrogen-bond donors (Lipinski definition) is 0. The van der Waals surface area contributed by atoms with Crippen molar-refractivity contribution in [2.45, 2.75) is 39.7 Å². The zero-order valence-electron chi connectivity index (χ0n) is 11.9. The maximum Gasteiger partial charge on any atom is 0.410 e. The Morgan fingerprint density at radius 1 is 1.28 bits per heavy atom. The Bertz CT molecular complexity index is 321. The molecule has 0 saturated carbocycles. The number of piperidine rings is 1. The van der Waals surface area contributed by atoms with Gasteiger partial charge in [0.2, 0.25) is 0 Å². The molecule has 0 bridgehead atoms. The predicted octanol–water partition coefficient (Wildman–Crippen LogP) is 2.05. The van der Waals surface area contributed by atoms with E-state index in [-0.39, 0.29) is 23.9 Å². The number of likely N-dealkylation sites (tertiary alicyclic amines) is 1. The molecule has 0 radical (unpaired) electrons. The van der Waals surface area contributed by atoms with E-state index in [1.807, 2.05) is 27.7 Å². The van der Waals surface area contributed by atoms with E-state index in [0.29, 0.717) is 13.1 Å². The van der Waals surface area contributed by atoms with Crippen molar-refractivity contribution in [1.82, 2.24) is 4.90 Å². The van der Waals surface area contributed by atoms with E-state index >= 15 is 0 Å². The van der Waals surface area contributed by atoms with E-state index in [2.05, 4.69) is 0 Å². The first-order chi connectivity index (χ1) is 8.24. The van der Waals surface area contributed by atoms with Gasteiger partial charge in [-0.15, -0.1) is 0 Å². The topological polar surface area (TPSA) is 55.8 Å². The number of hydrogen-bond acceptors (Lipinski definition) is 4. The molecular weight excluding hydrogens is 234 g/mol. The minimum absolute atomic E-state index is 0.233. The summed E-state index contributed by atoms with van der Waals surface area (Å²) in [5, 5.41) is 0. The molecule has 1 saturated heterocycles. The number of carbonyl (C=O) groups is 2. The van der Waals surface area contributed by atoms with Gasteiger partial charge in [-0.25, -0.2) is 4.79 Å². The van der Waals surface area contributed by atoms with Gasteiger partial charge in [0, 0.05) is 13.1 Å². The highest BCUT2D eigenvalue weighted by atomic mass is 16.6. The zero-order valence-corrected chi connectivity index (χ0v) is 11.9. The molecule has 1 aliphatic rings. The van der Waals surface area contributed by atoms with Gasteiger partial charge in [-0.2, -0.15) is 0 Å².